The molecule has 0 unspecified atom stereocenters. The number of guanidine groups is 1. The van der Waals surface area contributed by atoms with Crippen LogP contribution in [0.1, 0.15) is 5.56 Å². The van der Waals surface area contributed by atoms with Gasteiger partial charge in [0.15, 0.2) is 0 Å². The van der Waals surface area contributed by atoms with E-state index in [-0.39, 0.29) is 11.7 Å². The maximum atomic E-state index is 11.4. The SMILES string of the molecule is C=C1N=NC(=Nc2cc(C)c(Cl)cc2OC)NC1=O. The Labute approximate surface area is 114 Å². The zero-order valence-corrected chi connectivity index (χ0v) is 11.2. The molecule has 1 aromatic rings. The Balaban J connectivity index is 2.43. The van der Waals surface area contributed by atoms with E-state index in [1.54, 1.807) is 12.1 Å². The molecule has 98 valence electrons. The molecule has 0 atom stereocenters. The Morgan fingerprint density at radius 2 is 2.16 bits per heavy atom. The molecule has 0 fully saturated rings. The average molecular weight is 279 g/mol. The maximum Gasteiger partial charge on any atom is 0.277 e. The molecule has 0 aromatic heterocycles. The first-order valence-corrected chi connectivity index (χ1v) is 5.74. The highest BCUT2D eigenvalue weighted by molar-refractivity contribution is 6.31. The van der Waals surface area contributed by atoms with Gasteiger partial charge in [-0.3, -0.25) is 10.1 Å². The van der Waals surface area contributed by atoms with E-state index in [9.17, 15) is 4.79 Å². The van der Waals surface area contributed by atoms with E-state index in [4.69, 9.17) is 16.3 Å². The van der Waals surface area contributed by atoms with E-state index in [1.165, 1.54) is 7.11 Å². The van der Waals surface area contributed by atoms with E-state index in [0.29, 0.717) is 16.5 Å². The topological polar surface area (TPSA) is 75.4 Å². The number of aliphatic imine (C=N–C) groups is 1. The van der Waals surface area contributed by atoms with Crippen LogP contribution in [0, 0.1) is 6.92 Å². The zero-order chi connectivity index (χ0) is 14.0. The maximum absolute atomic E-state index is 11.4. The number of ether oxygens (including phenoxy) is 1. The first kappa shape index (κ1) is 13.2. The fourth-order valence-corrected chi connectivity index (χ4v) is 1.57. The minimum absolute atomic E-state index is 0.0400. The first-order chi connectivity index (χ1) is 9.01. The fourth-order valence-electron chi connectivity index (χ4n) is 1.42. The molecule has 1 heterocycles. The minimum Gasteiger partial charge on any atom is -0.494 e. The highest BCUT2D eigenvalue weighted by Crippen LogP contribution is 2.33. The Morgan fingerprint density at radius 3 is 2.79 bits per heavy atom. The van der Waals surface area contributed by atoms with Crippen molar-refractivity contribution in [2.45, 2.75) is 6.92 Å². The summed E-state index contributed by atoms with van der Waals surface area (Å²) in [5, 5.41) is 10.4. The molecular formula is C12H11ClN4O2. The van der Waals surface area contributed by atoms with Crippen molar-refractivity contribution in [1.82, 2.24) is 5.32 Å². The van der Waals surface area contributed by atoms with Crippen molar-refractivity contribution < 1.29 is 9.53 Å². The van der Waals surface area contributed by atoms with Crippen LogP contribution in [0.5, 0.6) is 5.75 Å². The van der Waals surface area contributed by atoms with Crippen LogP contribution in [0.2, 0.25) is 5.02 Å². The molecular weight excluding hydrogens is 268 g/mol. The van der Waals surface area contributed by atoms with Gasteiger partial charge in [0.1, 0.15) is 17.1 Å². The molecule has 0 aliphatic carbocycles. The summed E-state index contributed by atoms with van der Waals surface area (Å²) in [6.07, 6.45) is 0. The summed E-state index contributed by atoms with van der Waals surface area (Å²) in [6, 6.07) is 3.39. The summed E-state index contributed by atoms with van der Waals surface area (Å²) in [4.78, 5) is 15.5. The number of halogens is 1. The number of nitrogens with one attached hydrogen (secondary N) is 1. The molecule has 1 amide bonds. The standard InChI is InChI=1S/C12H11ClN4O2/c1-6-4-9(10(19-3)5-8(6)13)14-12-15-11(18)7(2)16-17-12/h4-5H,2H2,1,3H3,(H,14,15,18). The molecule has 0 bridgehead atoms. The van der Waals surface area contributed by atoms with Crippen molar-refractivity contribution in [3.05, 3.63) is 35.0 Å². The smallest absolute Gasteiger partial charge is 0.277 e. The van der Waals surface area contributed by atoms with E-state index < -0.39 is 5.91 Å². The van der Waals surface area contributed by atoms with Crippen LogP contribution < -0.4 is 10.1 Å². The second-order valence-corrected chi connectivity index (χ2v) is 4.22. The monoisotopic (exact) mass is 278 g/mol. The van der Waals surface area contributed by atoms with Crippen molar-refractivity contribution in [2.24, 2.45) is 15.2 Å². The number of hydrogen-bond acceptors (Lipinski definition) is 4. The van der Waals surface area contributed by atoms with Gasteiger partial charge in [-0.25, -0.2) is 4.99 Å². The van der Waals surface area contributed by atoms with Gasteiger partial charge in [0.05, 0.1) is 7.11 Å². The van der Waals surface area contributed by atoms with Crippen molar-refractivity contribution in [1.29, 1.82) is 0 Å². The number of carbonyl (C=O) groups is 1. The average Bonchev–Trinajstić information content (AvgIpc) is 2.38. The molecule has 6 nitrogen and oxygen atoms in total. The third-order valence-electron chi connectivity index (χ3n) is 2.44. The number of aryl methyl sites for hydroxylation is 1. The van der Waals surface area contributed by atoms with Crippen molar-refractivity contribution >= 4 is 29.2 Å². The lowest BCUT2D eigenvalue weighted by Gasteiger charge is -2.10. The van der Waals surface area contributed by atoms with Gasteiger partial charge in [-0.2, -0.15) is 0 Å². The summed E-state index contributed by atoms with van der Waals surface area (Å²) in [5.74, 6) is 0.132. The summed E-state index contributed by atoms with van der Waals surface area (Å²) < 4.78 is 5.18. The molecule has 19 heavy (non-hydrogen) atoms. The predicted molar refractivity (Wildman–Crippen MR) is 72.0 cm³/mol. The van der Waals surface area contributed by atoms with Crippen molar-refractivity contribution in [2.75, 3.05) is 7.11 Å². The van der Waals surface area contributed by atoms with Crippen LogP contribution in [0.25, 0.3) is 0 Å². The lowest BCUT2D eigenvalue weighted by atomic mass is 10.2. The van der Waals surface area contributed by atoms with E-state index in [0.717, 1.165) is 5.56 Å². The number of azo groups is 1. The Kier molecular flexibility index (Phi) is 3.62. The van der Waals surface area contributed by atoms with Gasteiger partial charge in [0.25, 0.3) is 5.91 Å². The van der Waals surface area contributed by atoms with Crippen LogP contribution in [0.4, 0.5) is 5.69 Å². The summed E-state index contributed by atoms with van der Waals surface area (Å²) in [7, 11) is 1.51. The highest BCUT2D eigenvalue weighted by atomic mass is 35.5. The van der Waals surface area contributed by atoms with Gasteiger partial charge in [0.2, 0.25) is 5.96 Å². The third-order valence-corrected chi connectivity index (χ3v) is 2.85. The van der Waals surface area contributed by atoms with Crippen LogP contribution in [0.15, 0.2) is 39.6 Å². The first-order valence-electron chi connectivity index (χ1n) is 5.36. The Bertz CT molecular complexity index is 622. The quantitative estimate of drug-likeness (QED) is 0.845. The molecule has 1 aromatic carbocycles. The molecule has 0 saturated heterocycles. The molecule has 1 N–H and O–H groups in total. The number of nitrogens with zero attached hydrogens (tertiary/aromatic N) is 3. The minimum atomic E-state index is -0.432. The zero-order valence-electron chi connectivity index (χ0n) is 10.4. The van der Waals surface area contributed by atoms with E-state index in [2.05, 4.69) is 27.1 Å². The molecule has 0 spiro atoms. The lowest BCUT2D eigenvalue weighted by Crippen LogP contribution is -2.32. The molecule has 7 heteroatoms. The number of methoxy groups -OCH3 is 1. The largest absolute Gasteiger partial charge is 0.494 e. The van der Waals surface area contributed by atoms with Crippen molar-refractivity contribution in [3.8, 4) is 5.75 Å². The van der Waals surface area contributed by atoms with Crippen molar-refractivity contribution in [3.63, 3.8) is 0 Å². The Morgan fingerprint density at radius 1 is 1.42 bits per heavy atom. The molecule has 1 aliphatic rings. The number of rotatable bonds is 2. The van der Waals surface area contributed by atoms with Gasteiger partial charge in [-0.05, 0) is 18.6 Å². The van der Waals surface area contributed by atoms with E-state index in [1.807, 2.05) is 6.92 Å². The van der Waals surface area contributed by atoms with Gasteiger partial charge in [-0.1, -0.05) is 18.2 Å². The molecule has 0 radical (unpaired) electrons. The number of hydrogen-bond donors (Lipinski definition) is 1. The van der Waals surface area contributed by atoms with Gasteiger partial charge in [0, 0.05) is 11.1 Å². The highest BCUT2D eigenvalue weighted by Gasteiger charge is 2.16. The molecule has 1 aliphatic heterocycles. The number of benzene rings is 1. The number of carbonyl (C=O) groups excluding carboxylic acids is 1. The summed E-state index contributed by atoms with van der Waals surface area (Å²) in [5.41, 5.74) is 1.38. The van der Waals surface area contributed by atoms with Gasteiger partial charge >= 0.3 is 0 Å². The molecule has 2 rings (SSSR count). The second kappa shape index (κ2) is 5.19. The summed E-state index contributed by atoms with van der Waals surface area (Å²) >= 11 is 6.00. The van der Waals surface area contributed by atoms with Gasteiger partial charge < -0.3 is 4.74 Å². The van der Waals surface area contributed by atoms with Crippen LogP contribution in [-0.4, -0.2) is 19.0 Å². The van der Waals surface area contributed by atoms with Crippen LogP contribution in [-0.2, 0) is 4.79 Å². The fraction of sp³-hybridized carbons (Fsp3) is 0.167. The van der Waals surface area contributed by atoms with Crippen LogP contribution in [0.3, 0.4) is 0 Å². The predicted octanol–water partition coefficient (Wildman–Crippen LogP) is 2.74. The molecule has 0 saturated carbocycles. The Hall–Kier alpha value is -2.21. The second-order valence-electron chi connectivity index (χ2n) is 3.81. The third kappa shape index (κ3) is 2.79. The summed E-state index contributed by atoms with van der Waals surface area (Å²) in [6.45, 7) is 5.27. The normalized spacial score (nSPS) is 16.7. The van der Waals surface area contributed by atoms with Crippen LogP contribution >= 0.6 is 11.6 Å². The van der Waals surface area contributed by atoms with Gasteiger partial charge in [-0.15, -0.1) is 10.2 Å². The number of amides is 1. The van der Waals surface area contributed by atoms with E-state index >= 15 is 0 Å². The lowest BCUT2D eigenvalue weighted by molar-refractivity contribution is -0.116.